The topological polar surface area (TPSA) is 121 Å². The maximum absolute atomic E-state index is 12.8. The number of thiazole rings is 1. The van der Waals surface area contributed by atoms with E-state index in [1.54, 1.807) is 12.4 Å². The normalized spacial score (nSPS) is 13.6. The van der Waals surface area contributed by atoms with Crippen LogP contribution in [0.4, 0.5) is 16.6 Å². The lowest BCUT2D eigenvalue weighted by molar-refractivity contribution is -0.130. The molecule has 1 saturated heterocycles. The first-order chi connectivity index (χ1) is 16.0. The molecule has 0 bridgehead atoms. The van der Waals surface area contributed by atoms with Crippen LogP contribution in [0.3, 0.4) is 0 Å². The Morgan fingerprint density at radius 1 is 1.24 bits per heavy atom. The number of aromatic amines is 1. The molecule has 0 aliphatic carbocycles. The van der Waals surface area contributed by atoms with Crippen LogP contribution >= 0.6 is 22.9 Å². The van der Waals surface area contributed by atoms with Crippen molar-refractivity contribution in [2.45, 2.75) is 26.3 Å². The maximum atomic E-state index is 12.8. The summed E-state index contributed by atoms with van der Waals surface area (Å²) in [5, 5.41) is 19.0. The monoisotopic (exact) mass is 484 g/mol. The second-order valence-electron chi connectivity index (χ2n) is 7.81. The van der Waals surface area contributed by atoms with Crippen LogP contribution in [0, 0.1) is 6.92 Å². The van der Waals surface area contributed by atoms with Crippen LogP contribution in [0.2, 0.25) is 5.02 Å². The van der Waals surface area contributed by atoms with Gasteiger partial charge in [-0.25, -0.2) is 4.98 Å². The first kappa shape index (κ1) is 21.4. The largest absolute Gasteiger partial charge is 0.341 e. The number of nitrogens with zero attached hydrogens (tertiary/aromatic N) is 5. The molecular formula is C21H21ClN8O2S. The predicted molar refractivity (Wildman–Crippen MR) is 127 cm³/mol. The summed E-state index contributed by atoms with van der Waals surface area (Å²) in [5.41, 5.74) is 2.48. The van der Waals surface area contributed by atoms with Gasteiger partial charge in [0.15, 0.2) is 10.9 Å². The van der Waals surface area contributed by atoms with E-state index in [1.165, 1.54) is 22.2 Å². The lowest BCUT2D eigenvalue weighted by Gasteiger charge is -2.14. The van der Waals surface area contributed by atoms with Gasteiger partial charge in [-0.15, -0.1) is 0 Å². The zero-order valence-corrected chi connectivity index (χ0v) is 19.3. The van der Waals surface area contributed by atoms with Crippen molar-refractivity contribution in [3.8, 4) is 0 Å². The third kappa shape index (κ3) is 4.41. The third-order valence-electron chi connectivity index (χ3n) is 5.50. The van der Waals surface area contributed by atoms with Crippen LogP contribution in [0.1, 0.15) is 28.1 Å². The molecule has 33 heavy (non-hydrogen) atoms. The summed E-state index contributed by atoms with van der Waals surface area (Å²) in [4.78, 5) is 31.7. The van der Waals surface area contributed by atoms with Crippen molar-refractivity contribution < 1.29 is 9.59 Å². The van der Waals surface area contributed by atoms with Crippen LogP contribution in [0.5, 0.6) is 0 Å². The number of H-pyrrole nitrogens is 1. The van der Waals surface area contributed by atoms with Crippen molar-refractivity contribution in [1.29, 1.82) is 0 Å². The molecule has 3 aromatic heterocycles. The molecule has 0 unspecified atom stereocenters. The van der Waals surface area contributed by atoms with Gasteiger partial charge in [0.25, 0.3) is 5.91 Å². The van der Waals surface area contributed by atoms with Gasteiger partial charge in [0.1, 0.15) is 16.4 Å². The average molecular weight is 485 g/mol. The average Bonchev–Trinajstić information content (AvgIpc) is 3.58. The van der Waals surface area contributed by atoms with Crippen molar-refractivity contribution >= 4 is 62.3 Å². The Hall–Kier alpha value is -3.44. The minimum Gasteiger partial charge on any atom is -0.341 e. The maximum Gasteiger partial charge on any atom is 0.267 e. The SMILES string of the molecule is Cc1ccc2[nH]ncc2c1NC(=O)c1cnc(Nc2nn(CC(=O)N3CCCC3)cc2Cl)s1. The van der Waals surface area contributed by atoms with Crippen molar-refractivity contribution in [3.05, 3.63) is 46.2 Å². The molecule has 10 nitrogen and oxygen atoms in total. The van der Waals surface area contributed by atoms with Gasteiger partial charge in [0.2, 0.25) is 5.91 Å². The fourth-order valence-electron chi connectivity index (χ4n) is 3.77. The molecule has 0 spiro atoms. The van der Waals surface area contributed by atoms with E-state index >= 15 is 0 Å². The van der Waals surface area contributed by atoms with Crippen LogP contribution in [0.25, 0.3) is 10.9 Å². The number of fused-ring (bicyclic) bond motifs is 1. The highest BCUT2D eigenvalue weighted by atomic mass is 35.5. The number of likely N-dealkylation sites (tertiary alicyclic amines) is 1. The highest BCUT2D eigenvalue weighted by Gasteiger charge is 2.20. The first-order valence-corrected chi connectivity index (χ1v) is 11.6. The number of carbonyl (C=O) groups is 2. The van der Waals surface area contributed by atoms with E-state index in [0.717, 1.165) is 42.4 Å². The van der Waals surface area contributed by atoms with Gasteiger partial charge in [0.05, 0.1) is 23.6 Å². The molecule has 1 aromatic carbocycles. The van der Waals surface area contributed by atoms with Gasteiger partial charge in [-0.3, -0.25) is 19.4 Å². The summed E-state index contributed by atoms with van der Waals surface area (Å²) < 4.78 is 1.51. The summed E-state index contributed by atoms with van der Waals surface area (Å²) >= 11 is 7.47. The Labute approximate surface area is 197 Å². The second kappa shape index (κ2) is 8.83. The molecule has 1 fully saturated rings. The summed E-state index contributed by atoms with van der Waals surface area (Å²) in [5.74, 6) is 0.130. The molecule has 2 amide bonds. The molecule has 1 aliphatic rings. The van der Waals surface area contributed by atoms with E-state index in [1.807, 2.05) is 24.0 Å². The highest BCUT2D eigenvalue weighted by molar-refractivity contribution is 7.17. The molecule has 0 radical (unpaired) electrons. The number of nitrogens with one attached hydrogen (secondary N) is 3. The number of benzene rings is 1. The van der Waals surface area contributed by atoms with Gasteiger partial charge in [0, 0.05) is 24.7 Å². The summed E-state index contributed by atoms with van der Waals surface area (Å²) in [6, 6.07) is 3.84. The summed E-state index contributed by atoms with van der Waals surface area (Å²) in [6.07, 6.45) is 6.86. The Balaban J connectivity index is 1.27. The van der Waals surface area contributed by atoms with E-state index in [-0.39, 0.29) is 18.4 Å². The van der Waals surface area contributed by atoms with Gasteiger partial charge >= 0.3 is 0 Å². The number of amides is 2. The highest BCUT2D eigenvalue weighted by Crippen LogP contribution is 2.29. The fraction of sp³-hybridized carbons (Fsp3) is 0.286. The van der Waals surface area contributed by atoms with E-state index in [4.69, 9.17) is 11.6 Å². The number of halogens is 1. The van der Waals surface area contributed by atoms with E-state index in [0.29, 0.717) is 26.5 Å². The van der Waals surface area contributed by atoms with E-state index in [9.17, 15) is 9.59 Å². The number of rotatable bonds is 6. The number of aryl methyl sites for hydroxylation is 1. The molecule has 4 heterocycles. The summed E-state index contributed by atoms with van der Waals surface area (Å²) in [6.45, 7) is 3.63. The molecular weight excluding hydrogens is 464 g/mol. The van der Waals surface area contributed by atoms with Gasteiger partial charge in [-0.05, 0) is 31.4 Å². The molecule has 4 aromatic rings. The van der Waals surface area contributed by atoms with Crippen molar-refractivity contribution in [2.75, 3.05) is 23.7 Å². The van der Waals surface area contributed by atoms with Crippen LogP contribution in [-0.4, -0.2) is 54.8 Å². The Bertz CT molecular complexity index is 1340. The lowest BCUT2D eigenvalue weighted by Crippen LogP contribution is -2.31. The number of hydrogen-bond donors (Lipinski definition) is 3. The zero-order chi connectivity index (χ0) is 22.9. The molecule has 12 heteroatoms. The van der Waals surface area contributed by atoms with Crippen molar-refractivity contribution in [1.82, 2.24) is 29.9 Å². The van der Waals surface area contributed by atoms with Crippen LogP contribution in [0.15, 0.2) is 30.7 Å². The van der Waals surface area contributed by atoms with E-state index in [2.05, 4.69) is 30.9 Å². The van der Waals surface area contributed by atoms with Crippen LogP contribution < -0.4 is 10.6 Å². The molecule has 0 saturated carbocycles. The molecule has 0 atom stereocenters. The van der Waals surface area contributed by atoms with Crippen molar-refractivity contribution in [3.63, 3.8) is 0 Å². The standard InChI is InChI=1S/C21H21ClN8O2S/c1-12-4-5-15-13(8-24-27-15)18(12)25-20(32)16-9-23-21(33-16)26-19-14(22)10-30(28-19)11-17(31)29-6-2-3-7-29/h4-5,8-10H,2-3,6-7,11H2,1H3,(H,24,27)(H,25,32)(H,23,26,28). The first-order valence-electron chi connectivity index (χ1n) is 10.5. The number of carbonyl (C=O) groups excluding carboxylic acids is 2. The minimum absolute atomic E-state index is 0.0226. The molecule has 5 rings (SSSR count). The van der Waals surface area contributed by atoms with Gasteiger partial charge < -0.3 is 15.5 Å². The quantitative estimate of drug-likeness (QED) is 0.383. The smallest absolute Gasteiger partial charge is 0.267 e. The molecule has 1 aliphatic heterocycles. The van der Waals surface area contributed by atoms with Gasteiger partial charge in [-0.1, -0.05) is 29.0 Å². The van der Waals surface area contributed by atoms with Crippen LogP contribution in [-0.2, 0) is 11.3 Å². The predicted octanol–water partition coefficient (Wildman–Crippen LogP) is 3.80. The number of anilines is 3. The Morgan fingerprint density at radius 3 is 2.88 bits per heavy atom. The molecule has 170 valence electrons. The Kier molecular flexibility index (Phi) is 5.73. The van der Waals surface area contributed by atoms with Gasteiger partial charge in [-0.2, -0.15) is 10.2 Å². The Morgan fingerprint density at radius 2 is 2.06 bits per heavy atom. The fourth-order valence-corrected chi connectivity index (χ4v) is 4.68. The summed E-state index contributed by atoms with van der Waals surface area (Å²) in [7, 11) is 0. The second-order valence-corrected chi connectivity index (χ2v) is 9.25. The minimum atomic E-state index is -0.273. The van der Waals surface area contributed by atoms with E-state index < -0.39 is 0 Å². The van der Waals surface area contributed by atoms with Crippen molar-refractivity contribution in [2.24, 2.45) is 0 Å². The number of hydrogen-bond acceptors (Lipinski definition) is 7. The lowest BCUT2D eigenvalue weighted by atomic mass is 10.1. The number of aromatic nitrogens is 5. The molecule has 3 N–H and O–H groups in total. The zero-order valence-electron chi connectivity index (χ0n) is 17.8. The third-order valence-corrected chi connectivity index (χ3v) is 6.69.